The number of ketones is 2. The Morgan fingerprint density at radius 1 is 0.750 bits per heavy atom. The molecule has 120 valence electrons. The molecule has 0 atom stereocenters. The number of fused-ring (bicyclic) bond motifs is 2. The van der Waals surface area contributed by atoms with Crippen molar-refractivity contribution in [3.05, 3.63) is 66.7 Å². The van der Waals surface area contributed by atoms with Gasteiger partial charge in [-0.15, -0.1) is 0 Å². The van der Waals surface area contributed by atoms with Crippen LogP contribution in [0.5, 0.6) is 11.5 Å². The second-order valence-electron chi connectivity index (χ2n) is 4.86. The first-order chi connectivity index (χ1) is 11.3. The summed E-state index contributed by atoms with van der Waals surface area (Å²) < 4.78 is 0. The average Bonchev–Trinajstić information content (AvgIpc) is 2.51. The Labute approximate surface area is 131 Å². The van der Waals surface area contributed by atoms with Crippen LogP contribution in [0.3, 0.4) is 0 Å². The number of nitro benzene ring substituents is 2. The zero-order chi connectivity index (χ0) is 17.8. The lowest BCUT2D eigenvalue weighted by molar-refractivity contribution is -0.396. The molecule has 10 nitrogen and oxygen atoms in total. The zero-order valence-electron chi connectivity index (χ0n) is 11.5. The maximum absolute atomic E-state index is 12.5. The van der Waals surface area contributed by atoms with Gasteiger partial charge in [-0.2, -0.15) is 0 Å². The largest absolute Gasteiger partial charge is 0.501 e. The lowest BCUT2D eigenvalue weighted by atomic mass is 9.82. The van der Waals surface area contributed by atoms with Crippen molar-refractivity contribution in [3.63, 3.8) is 0 Å². The Kier molecular flexibility index (Phi) is 3.04. The fourth-order valence-electron chi connectivity index (χ4n) is 2.64. The van der Waals surface area contributed by atoms with E-state index in [0.29, 0.717) is 0 Å². The second kappa shape index (κ2) is 4.84. The number of hydrogen-bond acceptors (Lipinski definition) is 8. The molecule has 0 aliphatic heterocycles. The number of carbonyl (C=O) groups is 2. The first-order valence-electron chi connectivity index (χ1n) is 6.36. The smallest absolute Gasteiger partial charge is 0.360 e. The van der Waals surface area contributed by atoms with E-state index in [-0.39, 0.29) is 11.1 Å². The topological polar surface area (TPSA) is 161 Å². The van der Waals surface area contributed by atoms with Gasteiger partial charge in [-0.25, -0.2) is 0 Å². The van der Waals surface area contributed by atoms with Crippen molar-refractivity contribution < 1.29 is 29.6 Å². The normalized spacial score (nSPS) is 12.5. The van der Waals surface area contributed by atoms with E-state index >= 15 is 0 Å². The van der Waals surface area contributed by atoms with Crippen LogP contribution < -0.4 is 0 Å². The molecule has 0 bridgehead atoms. The molecule has 0 aromatic heterocycles. The number of aromatic hydroxyl groups is 2. The molecule has 0 saturated heterocycles. The molecule has 0 radical (unpaired) electrons. The summed E-state index contributed by atoms with van der Waals surface area (Å²) in [6, 6.07) is 5.35. The molecule has 1 aliphatic rings. The van der Waals surface area contributed by atoms with Crippen molar-refractivity contribution in [2.24, 2.45) is 0 Å². The van der Waals surface area contributed by atoms with Crippen LogP contribution in [0.15, 0.2) is 24.3 Å². The van der Waals surface area contributed by atoms with E-state index in [2.05, 4.69) is 0 Å². The Bertz CT molecular complexity index is 979. The molecule has 0 spiro atoms. The molecule has 2 aromatic carbocycles. The van der Waals surface area contributed by atoms with Gasteiger partial charge in [0.1, 0.15) is 5.56 Å². The molecule has 0 heterocycles. The molecule has 1 aliphatic carbocycles. The van der Waals surface area contributed by atoms with Gasteiger partial charge >= 0.3 is 11.4 Å². The number of rotatable bonds is 2. The number of phenols is 2. The molecule has 2 N–H and O–H groups in total. The number of nitro groups is 2. The third-order valence-electron chi connectivity index (χ3n) is 3.63. The van der Waals surface area contributed by atoms with Gasteiger partial charge in [0.15, 0.2) is 5.78 Å². The highest BCUT2D eigenvalue weighted by Gasteiger charge is 2.45. The van der Waals surface area contributed by atoms with Gasteiger partial charge in [0.05, 0.1) is 15.4 Å². The first-order valence-corrected chi connectivity index (χ1v) is 6.36. The van der Waals surface area contributed by atoms with Crippen LogP contribution in [0.2, 0.25) is 0 Å². The van der Waals surface area contributed by atoms with Crippen molar-refractivity contribution in [3.8, 4) is 11.5 Å². The van der Waals surface area contributed by atoms with Crippen LogP contribution in [0.4, 0.5) is 11.4 Å². The van der Waals surface area contributed by atoms with Crippen LogP contribution >= 0.6 is 0 Å². The highest BCUT2D eigenvalue weighted by Crippen LogP contribution is 2.50. The van der Waals surface area contributed by atoms with E-state index in [4.69, 9.17) is 0 Å². The van der Waals surface area contributed by atoms with Crippen LogP contribution in [0.1, 0.15) is 31.8 Å². The molecular formula is C14H6N2O8. The summed E-state index contributed by atoms with van der Waals surface area (Å²) >= 11 is 0. The van der Waals surface area contributed by atoms with Gasteiger partial charge in [0.2, 0.25) is 11.5 Å². The number of benzene rings is 2. The number of nitrogens with zero attached hydrogens (tertiary/aromatic N) is 2. The van der Waals surface area contributed by atoms with Gasteiger partial charge in [0, 0.05) is 11.1 Å². The zero-order valence-corrected chi connectivity index (χ0v) is 11.5. The molecule has 24 heavy (non-hydrogen) atoms. The highest BCUT2D eigenvalue weighted by atomic mass is 16.6. The summed E-state index contributed by atoms with van der Waals surface area (Å²) in [4.78, 5) is 44.8. The average molecular weight is 330 g/mol. The maximum atomic E-state index is 12.5. The number of phenolic OH excluding ortho intramolecular Hbond substituents is 2. The molecular weight excluding hydrogens is 324 g/mol. The van der Waals surface area contributed by atoms with E-state index in [1.54, 1.807) is 0 Å². The predicted octanol–water partition coefficient (Wildman–Crippen LogP) is 1.69. The van der Waals surface area contributed by atoms with Crippen molar-refractivity contribution in [2.75, 3.05) is 0 Å². The van der Waals surface area contributed by atoms with Gasteiger partial charge < -0.3 is 10.2 Å². The van der Waals surface area contributed by atoms with E-state index < -0.39 is 55.4 Å². The minimum atomic E-state index is -1.48. The fraction of sp³-hybridized carbons (Fsp3) is 0. The molecule has 0 amide bonds. The number of hydrogen-bond donors (Lipinski definition) is 2. The second-order valence-corrected chi connectivity index (χ2v) is 4.86. The Hall–Kier alpha value is -3.82. The van der Waals surface area contributed by atoms with E-state index in [1.807, 2.05) is 0 Å². The van der Waals surface area contributed by atoms with Crippen LogP contribution in [0.25, 0.3) is 0 Å². The minimum Gasteiger partial charge on any atom is -0.501 e. The summed E-state index contributed by atoms with van der Waals surface area (Å²) in [6.45, 7) is 0. The highest BCUT2D eigenvalue weighted by molar-refractivity contribution is 6.31. The van der Waals surface area contributed by atoms with Crippen LogP contribution in [-0.4, -0.2) is 31.6 Å². The van der Waals surface area contributed by atoms with E-state index in [9.17, 15) is 40.0 Å². The maximum Gasteiger partial charge on any atom is 0.360 e. The van der Waals surface area contributed by atoms with Crippen molar-refractivity contribution >= 4 is 22.9 Å². The summed E-state index contributed by atoms with van der Waals surface area (Å²) in [5.74, 6) is -4.75. The summed E-state index contributed by atoms with van der Waals surface area (Å²) in [5, 5.41) is 42.0. The van der Waals surface area contributed by atoms with Crippen molar-refractivity contribution in [1.82, 2.24) is 0 Å². The van der Waals surface area contributed by atoms with Gasteiger partial charge in [0.25, 0.3) is 5.75 Å². The van der Waals surface area contributed by atoms with Crippen LogP contribution in [0, 0.1) is 20.2 Å². The van der Waals surface area contributed by atoms with Crippen LogP contribution in [-0.2, 0) is 0 Å². The van der Waals surface area contributed by atoms with Crippen molar-refractivity contribution in [2.45, 2.75) is 0 Å². The molecule has 3 rings (SSSR count). The SMILES string of the molecule is O=C1c2ccccc2C(=O)c2c1c(O)c([N+](=O)[O-])c(O)c2[N+](=O)[O-]. The molecule has 10 heteroatoms. The third-order valence-corrected chi connectivity index (χ3v) is 3.63. The standard InChI is InChI=1S/C14H6N2O8/c17-11-5-3-1-2-4-6(5)12(18)8-7(11)9(15(21)22)14(20)10(13(8)19)16(23)24/h1-4,19-20H. The van der Waals surface area contributed by atoms with E-state index in [1.165, 1.54) is 24.3 Å². The number of carbonyl (C=O) groups excluding carboxylic acids is 2. The monoisotopic (exact) mass is 330 g/mol. The molecule has 0 unspecified atom stereocenters. The molecule has 0 fully saturated rings. The van der Waals surface area contributed by atoms with Gasteiger partial charge in [-0.05, 0) is 0 Å². The fourth-order valence-corrected chi connectivity index (χ4v) is 2.64. The Morgan fingerprint density at radius 3 is 1.67 bits per heavy atom. The van der Waals surface area contributed by atoms with Gasteiger partial charge in [-0.1, -0.05) is 24.3 Å². The predicted molar refractivity (Wildman–Crippen MR) is 76.4 cm³/mol. The first kappa shape index (κ1) is 15.1. The molecule has 2 aromatic rings. The Morgan fingerprint density at radius 2 is 1.21 bits per heavy atom. The summed E-state index contributed by atoms with van der Waals surface area (Å²) in [5.41, 5.74) is -4.74. The van der Waals surface area contributed by atoms with Crippen molar-refractivity contribution in [1.29, 1.82) is 0 Å². The Balaban J connectivity index is 2.53. The van der Waals surface area contributed by atoms with E-state index in [0.717, 1.165) is 0 Å². The minimum absolute atomic E-state index is 0.153. The van der Waals surface area contributed by atoms with Gasteiger partial charge in [-0.3, -0.25) is 29.8 Å². The lowest BCUT2D eigenvalue weighted by Gasteiger charge is -2.18. The quantitative estimate of drug-likeness (QED) is 0.530. The molecule has 0 saturated carbocycles. The lowest BCUT2D eigenvalue weighted by Crippen LogP contribution is -2.23. The summed E-state index contributed by atoms with van der Waals surface area (Å²) in [7, 11) is 0. The summed E-state index contributed by atoms with van der Waals surface area (Å²) in [6.07, 6.45) is 0. The third kappa shape index (κ3) is 1.76.